The average molecular weight is 461 g/mol. The van der Waals surface area contributed by atoms with Crippen LogP contribution in [0.2, 0.25) is 5.02 Å². The number of anilines is 1. The van der Waals surface area contributed by atoms with Gasteiger partial charge in [0, 0.05) is 22.9 Å². The summed E-state index contributed by atoms with van der Waals surface area (Å²) in [5.41, 5.74) is 2.27. The standard InChI is InChI=1S/C22H22ClFN4O2S/c1-14-18(23)5-2-6-19(14)25-20(29)13-31-22-27-26-21(15-7-9-16(24)10-8-15)28(22)12-17-4-3-11-30-17/h2,5-10,17H,3-4,11-13H2,1H3,(H,25,29). The second-order valence-corrected chi connectivity index (χ2v) is 8.66. The molecule has 1 amide bonds. The fourth-order valence-corrected chi connectivity index (χ4v) is 4.35. The monoisotopic (exact) mass is 460 g/mol. The number of nitrogens with zero attached hydrogens (tertiary/aromatic N) is 3. The molecular formula is C22H22ClFN4O2S. The molecule has 1 saturated heterocycles. The number of ether oxygens (including phenoxy) is 1. The van der Waals surface area contributed by atoms with E-state index >= 15 is 0 Å². The summed E-state index contributed by atoms with van der Waals surface area (Å²) in [5, 5.41) is 12.7. The van der Waals surface area contributed by atoms with Crippen LogP contribution in [-0.2, 0) is 16.1 Å². The first-order valence-electron chi connectivity index (χ1n) is 10.00. The maximum absolute atomic E-state index is 13.4. The second-order valence-electron chi connectivity index (χ2n) is 7.31. The lowest BCUT2D eigenvalue weighted by Crippen LogP contribution is -2.18. The van der Waals surface area contributed by atoms with Crippen LogP contribution in [0.15, 0.2) is 47.6 Å². The van der Waals surface area contributed by atoms with E-state index in [2.05, 4.69) is 15.5 Å². The Labute approximate surface area is 189 Å². The van der Waals surface area contributed by atoms with Crippen LogP contribution in [0.5, 0.6) is 0 Å². The van der Waals surface area contributed by atoms with Gasteiger partial charge in [-0.1, -0.05) is 29.4 Å². The molecule has 0 saturated carbocycles. The predicted molar refractivity (Wildman–Crippen MR) is 120 cm³/mol. The lowest BCUT2D eigenvalue weighted by Gasteiger charge is -2.15. The molecule has 1 N–H and O–H groups in total. The number of halogens is 2. The number of rotatable bonds is 7. The van der Waals surface area contributed by atoms with Gasteiger partial charge in [0.1, 0.15) is 5.82 Å². The minimum atomic E-state index is -0.309. The average Bonchev–Trinajstić information content (AvgIpc) is 3.41. The van der Waals surface area contributed by atoms with Crippen LogP contribution in [0.3, 0.4) is 0 Å². The molecule has 1 aromatic heterocycles. The molecular weight excluding hydrogens is 439 g/mol. The number of thioether (sulfide) groups is 1. The number of aromatic nitrogens is 3. The van der Waals surface area contributed by atoms with Crippen LogP contribution in [-0.4, -0.2) is 39.1 Å². The molecule has 9 heteroatoms. The molecule has 2 heterocycles. The number of carbonyl (C=O) groups is 1. The van der Waals surface area contributed by atoms with Crippen molar-refractivity contribution >= 4 is 35.0 Å². The van der Waals surface area contributed by atoms with E-state index < -0.39 is 0 Å². The van der Waals surface area contributed by atoms with Gasteiger partial charge in [0.25, 0.3) is 0 Å². The number of benzene rings is 2. The summed E-state index contributed by atoms with van der Waals surface area (Å²) in [6, 6.07) is 11.5. The summed E-state index contributed by atoms with van der Waals surface area (Å²) >= 11 is 7.43. The van der Waals surface area contributed by atoms with Gasteiger partial charge in [-0.2, -0.15) is 0 Å². The van der Waals surface area contributed by atoms with Gasteiger partial charge in [-0.25, -0.2) is 4.39 Å². The Bertz CT molecular complexity index is 1070. The molecule has 6 nitrogen and oxygen atoms in total. The molecule has 1 atom stereocenters. The van der Waals surface area contributed by atoms with Gasteiger partial charge < -0.3 is 10.1 Å². The lowest BCUT2D eigenvalue weighted by atomic mass is 10.2. The van der Waals surface area contributed by atoms with Crippen molar-refractivity contribution in [3.05, 3.63) is 58.9 Å². The maximum atomic E-state index is 13.4. The fourth-order valence-electron chi connectivity index (χ4n) is 3.42. The van der Waals surface area contributed by atoms with Crippen molar-refractivity contribution in [2.75, 3.05) is 17.7 Å². The number of hydrogen-bond donors (Lipinski definition) is 1. The Balaban J connectivity index is 1.51. The third-order valence-corrected chi connectivity index (χ3v) is 6.48. The van der Waals surface area contributed by atoms with E-state index in [0.717, 1.165) is 30.6 Å². The van der Waals surface area contributed by atoms with Crippen molar-refractivity contribution in [1.29, 1.82) is 0 Å². The predicted octanol–water partition coefficient (Wildman–Crippen LogP) is 4.96. The molecule has 0 aliphatic carbocycles. The van der Waals surface area contributed by atoms with Crippen LogP contribution in [0.4, 0.5) is 10.1 Å². The van der Waals surface area contributed by atoms with E-state index in [4.69, 9.17) is 16.3 Å². The Morgan fingerprint density at radius 2 is 2.10 bits per heavy atom. The van der Waals surface area contributed by atoms with Crippen LogP contribution in [0.25, 0.3) is 11.4 Å². The normalized spacial score (nSPS) is 15.9. The zero-order valence-electron chi connectivity index (χ0n) is 17.0. The summed E-state index contributed by atoms with van der Waals surface area (Å²) in [4.78, 5) is 12.5. The number of carbonyl (C=O) groups excluding carboxylic acids is 1. The van der Waals surface area contributed by atoms with Crippen molar-refractivity contribution in [3.8, 4) is 11.4 Å². The molecule has 0 radical (unpaired) electrons. The number of amides is 1. The third kappa shape index (κ3) is 5.26. The molecule has 4 rings (SSSR count). The van der Waals surface area contributed by atoms with Gasteiger partial charge in [0.15, 0.2) is 11.0 Å². The van der Waals surface area contributed by atoms with Crippen molar-refractivity contribution in [1.82, 2.24) is 14.8 Å². The molecule has 3 aromatic rings. The summed E-state index contributed by atoms with van der Waals surface area (Å²) in [6.07, 6.45) is 2.04. The van der Waals surface area contributed by atoms with Gasteiger partial charge in [0.2, 0.25) is 5.91 Å². The van der Waals surface area contributed by atoms with Gasteiger partial charge in [-0.05, 0) is 61.7 Å². The summed E-state index contributed by atoms with van der Waals surface area (Å²) in [5.74, 6) is 0.324. The first-order chi connectivity index (χ1) is 15.0. The maximum Gasteiger partial charge on any atom is 0.234 e. The van der Waals surface area contributed by atoms with Crippen molar-refractivity contribution in [2.45, 2.75) is 37.6 Å². The van der Waals surface area contributed by atoms with Crippen LogP contribution < -0.4 is 5.32 Å². The molecule has 162 valence electrons. The summed E-state index contributed by atoms with van der Waals surface area (Å²) < 4.78 is 21.1. The van der Waals surface area contributed by atoms with Gasteiger partial charge in [-0.3, -0.25) is 9.36 Å². The molecule has 1 aliphatic rings. The second kappa shape index (κ2) is 9.80. The first kappa shape index (κ1) is 21.8. The van der Waals surface area contributed by atoms with Gasteiger partial charge >= 0.3 is 0 Å². The highest BCUT2D eigenvalue weighted by atomic mass is 35.5. The lowest BCUT2D eigenvalue weighted by molar-refractivity contribution is -0.113. The summed E-state index contributed by atoms with van der Waals surface area (Å²) in [6.45, 7) is 3.18. The molecule has 0 spiro atoms. The minimum absolute atomic E-state index is 0.0671. The Kier molecular flexibility index (Phi) is 6.89. The fraction of sp³-hybridized carbons (Fsp3) is 0.318. The number of nitrogens with one attached hydrogen (secondary N) is 1. The zero-order valence-corrected chi connectivity index (χ0v) is 18.5. The van der Waals surface area contributed by atoms with Crippen molar-refractivity contribution in [3.63, 3.8) is 0 Å². The Hall–Kier alpha value is -2.42. The van der Waals surface area contributed by atoms with E-state index in [-0.39, 0.29) is 23.6 Å². The van der Waals surface area contributed by atoms with Crippen LogP contribution in [0.1, 0.15) is 18.4 Å². The van der Waals surface area contributed by atoms with E-state index in [1.165, 1.54) is 23.9 Å². The third-order valence-electron chi connectivity index (χ3n) is 5.10. The smallest absolute Gasteiger partial charge is 0.234 e. The molecule has 2 aromatic carbocycles. The first-order valence-corrected chi connectivity index (χ1v) is 11.4. The van der Waals surface area contributed by atoms with E-state index in [9.17, 15) is 9.18 Å². The van der Waals surface area contributed by atoms with Crippen molar-refractivity contribution < 1.29 is 13.9 Å². The molecule has 0 bridgehead atoms. The quantitative estimate of drug-likeness (QED) is 0.505. The highest BCUT2D eigenvalue weighted by Crippen LogP contribution is 2.27. The van der Waals surface area contributed by atoms with E-state index in [1.54, 1.807) is 24.3 Å². The molecule has 31 heavy (non-hydrogen) atoms. The van der Waals surface area contributed by atoms with Crippen LogP contribution >= 0.6 is 23.4 Å². The Morgan fingerprint density at radius 1 is 1.29 bits per heavy atom. The molecule has 1 unspecified atom stereocenters. The van der Waals surface area contributed by atoms with Crippen LogP contribution in [0, 0.1) is 12.7 Å². The number of hydrogen-bond acceptors (Lipinski definition) is 5. The Morgan fingerprint density at radius 3 is 2.84 bits per heavy atom. The van der Waals surface area contributed by atoms with E-state index in [0.29, 0.717) is 28.2 Å². The zero-order chi connectivity index (χ0) is 21.8. The topological polar surface area (TPSA) is 69.0 Å². The SMILES string of the molecule is Cc1c(Cl)cccc1NC(=O)CSc1nnc(-c2ccc(F)cc2)n1CC1CCCO1. The van der Waals surface area contributed by atoms with E-state index in [1.807, 2.05) is 17.6 Å². The van der Waals surface area contributed by atoms with Gasteiger partial charge in [-0.15, -0.1) is 10.2 Å². The highest BCUT2D eigenvalue weighted by Gasteiger charge is 2.22. The summed E-state index contributed by atoms with van der Waals surface area (Å²) in [7, 11) is 0. The molecule has 1 fully saturated rings. The molecule has 1 aliphatic heterocycles. The minimum Gasteiger partial charge on any atom is -0.376 e. The highest BCUT2D eigenvalue weighted by molar-refractivity contribution is 7.99. The van der Waals surface area contributed by atoms with Crippen molar-refractivity contribution in [2.24, 2.45) is 0 Å². The van der Waals surface area contributed by atoms with Gasteiger partial charge in [0.05, 0.1) is 18.4 Å². The largest absolute Gasteiger partial charge is 0.376 e.